The van der Waals surface area contributed by atoms with Crippen molar-refractivity contribution < 1.29 is 22.5 Å². The SMILES string of the molecule is O=C(NC1C[C@H]2CC[C@@H](C1)N2S(=O)(=O)CC1CCNCC1)c1cc(C2CCCO2)on1. The molecule has 4 atom stereocenters. The van der Waals surface area contributed by atoms with E-state index in [1.165, 1.54) is 0 Å². The molecule has 4 fully saturated rings. The van der Waals surface area contributed by atoms with Crippen LogP contribution in [0, 0.1) is 5.92 Å². The van der Waals surface area contributed by atoms with E-state index < -0.39 is 10.0 Å². The van der Waals surface area contributed by atoms with Gasteiger partial charge in [0.05, 0.1) is 5.75 Å². The molecule has 5 heterocycles. The number of nitrogens with one attached hydrogen (secondary N) is 2. The number of carbonyl (C=O) groups is 1. The van der Waals surface area contributed by atoms with Crippen molar-refractivity contribution in [2.24, 2.45) is 5.92 Å². The van der Waals surface area contributed by atoms with Gasteiger partial charge in [-0.2, -0.15) is 4.31 Å². The van der Waals surface area contributed by atoms with Crippen LogP contribution >= 0.6 is 0 Å². The largest absolute Gasteiger partial charge is 0.370 e. The first-order chi connectivity index (χ1) is 15.0. The van der Waals surface area contributed by atoms with Crippen molar-refractivity contribution in [2.75, 3.05) is 25.4 Å². The molecule has 5 rings (SSSR count). The molecule has 2 N–H and O–H groups in total. The molecule has 0 spiro atoms. The van der Waals surface area contributed by atoms with Crippen LogP contribution in [0.3, 0.4) is 0 Å². The standard InChI is InChI=1S/C21H32N4O5S/c26-21(18-12-20(30-24-18)19-2-1-9-29-19)23-15-10-16-3-4-17(11-15)25(16)31(27,28)13-14-5-7-22-8-6-14/h12,14-17,19,22H,1-11,13H2,(H,23,26)/t15?,16-,17+,19?. The second-order valence-corrected chi connectivity index (χ2v) is 11.4. The number of fused-ring (bicyclic) bond motifs is 2. The third-order valence-corrected chi connectivity index (χ3v) is 9.37. The van der Waals surface area contributed by atoms with Gasteiger partial charge in [-0.15, -0.1) is 0 Å². The van der Waals surface area contributed by atoms with Crippen molar-refractivity contribution in [3.8, 4) is 0 Å². The number of hydrogen-bond acceptors (Lipinski definition) is 7. The highest BCUT2D eigenvalue weighted by atomic mass is 32.2. The third kappa shape index (κ3) is 4.53. The smallest absolute Gasteiger partial charge is 0.273 e. The van der Waals surface area contributed by atoms with Crippen LogP contribution in [0.25, 0.3) is 0 Å². The average Bonchev–Trinajstić information content (AvgIpc) is 3.48. The van der Waals surface area contributed by atoms with Crippen LogP contribution in [0.15, 0.2) is 10.6 Å². The predicted molar refractivity (Wildman–Crippen MR) is 113 cm³/mol. The number of ether oxygens (including phenoxy) is 1. The quantitative estimate of drug-likeness (QED) is 0.674. The number of rotatable bonds is 6. The van der Waals surface area contributed by atoms with Crippen LogP contribution in [0.5, 0.6) is 0 Å². The molecule has 2 unspecified atom stereocenters. The lowest BCUT2D eigenvalue weighted by molar-refractivity contribution is 0.0862. The minimum atomic E-state index is -3.28. The number of carbonyl (C=O) groups excluding carboxylic acids is 1. The summed E-state index contributed by atoms with van der Waals surface area (Å²) in [5.41, 5.74) is 0.263. The minimum absolute atomic E-state index is 0.0180. The van der Waals surface area contributed by atoms with Gasteiger partial charge >= 0.3 is 0 Å². The minimum Gasteiger partial charge on any atom is -0.370 e. The maximum Gasteiger partial charge on any atom is 0.273 e. The molecule has 4 aliphatic rings. The summed E-state index contributed by atoms with van der Waals surface area (Å²) in [6.45, 7) is 2.50. The van der Waals surface area contributed by atoms with Gasteiger partial charge in [0.1, 0.15) is 6.10 Å². The van der Waals surface area contributed by atoms with E-state index in [1.54, 1.807) is 10.4 Å². The first kappa shape index (κ1) is 21.4. The summed E-state index contributed by atoms with van der Waals surface area (Å²) >= 11 is 0. The fraction of sp³-hybridized carbons (Fsp3) is 0.810. The van der Waals surface area contributed by atoms with Crippen molar-refractivity contribution in [1.82, 2.24) is 20.1 Å². The van der Waals surface area contributed by atoms with Gasteiger partial charge in [-0.3, -0.25) is 4.79 Å². The number of nitrogens with zero attached hydrogens (tertiary/aromatic N) is 2. The molecule has 4 aliphatic heterocycles. The number of sulfonamides is 1. The van der Waals surface area contributed by atoms with Crippen LogP contribution < -0.4 is 10.6 Å². The summed E-state index contributed by atoms with van der Waals surface area (Å²) in [7, 11) is -3.28. The van der Waals surface area contributed by atoms with Crippen LogP contribution in [-0.4, -0.2) is 67.4 Å². The molecule has 0 aliphatic carbocycles. The average molecular weight is 453 g/mol. The second kappa shape index (κ2) is 8.80. The van der Waals surface area contributed by atoms with E-state index >= 15 is 0 Å². The molecule has 1 amide bonds. The molecule has 1 aromatic heterocycles. The lowest BCUT2D eigenvalue weighted by Gasteiger charge is -2.39. The molecule has 2 bridgehead atoms. The molecule has 172 valence electrons. The second-order valence-electron chi connectivity index (χ2n) is 9.44. The Morgan fingerprint density at radius 1 is 1.16 bits per heavy atom. The van der Waals surface area contributed by atoms with Crippen molar-refractivity contribution in [2.45, 2.75) is 75.6 Å². The van der Waals surface area contributed by atoms with Gasteiger partial charge in [0.25, 0.3) is 5.91 Å². The Kier molecular flexibility index (Phi) is 6.07. The van der Waals surface area contributed by atoms with Gasteiger partial charge < -0.3 is 19.9 Å². The zero-order valence-corrected chi connectivity index (χ0v) is 18.6. The molecule has 0 saturated carbocycles. The summed E-state index contributed by atoms with van der Waals surface area (Å²) in [5, 5.41) is 10.3. The topological polar surface area (TPSA) is 114 Å². The van der Waals surface area contributed by atoms with E-state index in [-0.39, 0.29) is 47.5 Å². The summed E-state index contributed by atoms with van der Waals surface area (Å²) in [4.78, 5) is 12.7. The Hall–Kier alpha value is -1.49. The fourth-order valence-corrected chi connectivity index (χ4v) is 8.14. The lowest BCUT2D eigenvalue weighted by atomic mass is 9.99. The van der Waals surface area contributed by atoms with Gasteiger partial charge in [0, 0.05) is 30.8 Å². The molecular weight excluding hydrogens is 420 g/mol. The highest BCUT2D eigenvalue weighted by Crippen LogP contribution is 2.39. The molecule has 0 aromatic carbocycles. The molecule has 31 heavy (non-hydrogen) atoms. The highest BCUT2D eigenvalue weighted by molar-refractivity contribution is 7.89. The van der Waals surface area contributed by atoms with E-state index in [1.807, 2.05) is 0 Å². The molecule has 1 aromatic rings. The predicted octanol–water partition coefficient (Wildman–Crippen LogP) is 1.58. The van der Waals surface area contributed by atoms with Gasteiger partial charge in [0.2, 0.25) is 10.0 Å². The summed E-state index contributed by atoms with van der Waals surface area (Å²) in [5.74, 6) is 0.835. The zero-order chi connectivity index (χ0) is 21.4. The molecule has 9 nitrogen and oxygen atoms in total. The van der Waals surface area contributed by atoms with Crippen molar-refractivity contribution in [3.63, 3.8) is 0 Å². The van der Waals surface area contributed by atoms with Crippen LogP contribution in [0.2, 0.25) is 0 Å². The van der Waals surface area contributed by atoms with Crippen molar-refractivity contribution >= 4 is 15.9 Å². The van der Waals surface area contributed by atoms with E-state index in [4.69, 9.17) is 9.26 Å². The van der Waals surface area contributed by atoms with Gasteiger partial charge in [-0.1, -0.05) is 5.16 Å². The van der Waals surface area contributed by atoms with E-state index in [2.05, 4.69) is 15.8 Å². The molecular formula is C21H32N4O5S. The third-order valence-electron chi connectivity index (χ3n) is 7.24. The number of hydrogen-bond donors (Lipinski definition) is 2. The number of piperidine rings is 2. The van der Waals surface area contributed by atoms with Gasteiger partial charge in [-0.05, 0) is 70.4 Å². The van der Waals surface area contributed by atoms with Crippen LogP contribution in [-0.2, 0) is 14.8 Å². The Bertz CT molecular complexity index is 877. The van der Waals surface area contributed by atoms with Crippen LogP contribution in [0.1, 0.15) is 73.7 Å². The van der Waals surface area contributed by atoms with E-state index in [9.17, 15) is 13.2 Å². The van der Waals surface area contributed by atoms with E-state index in [0.29, 0.717) is 25.2 Å². The van der Waals surface area contributed by atoms with Crippen LogP contribution in [0.4, 0.5) is 0 Å². The summed E-state index contributed by atoms with van der Waals surface area (Å²) in [6.07, 6.45) is 6.65. The first-order valence-electron chi connectivity index (χ1n) is 11.6. The summed E-state index contributed by atoms with van der Waals surface area (Å²) in [6, 6.07) is 1.59. The van der Waals surface area contributed by atoms with E-state index in [0.717, 1.165) is 51.6 Å². The Morgan fingerprint density at radius 3 is 2.58 bits per heavy atom. The Morgan fingerprint density at radius 2 is 1.90 bits per heavy atom. The Labute approximate surface area is 183 Å². The number of aromatic nitrogens is 1. The summed E-state index contributed by atoms with van der Waals surface area (Å²) < 4.78 is 39.0. The molecule has 10 heteroatoms. The lowest BCUT2D eigenvalue weighted by Crippen LogP contribution is -2.53. The maximum absolute atomic E-state index is 13.2. The number of amides is 1. The Balaban J connectivity index is 1.19. The first-order valence-corrected chi connectivity index (χ1v) is 13.2. The normalized spacial score (nSPS) is 32.4. The van der Waals surface area contributed by atoms with Crippen molar-refractivity contribution in [3.05, 3.63) is 17.5 Å². The molecule has 0 radical (unpaired) electrons. The van der Waals surface area contributed by atoms with Gasteiger partial charge in [0.15, 0.2) is 11.5 Å². The van der Waals surface area contributed by atoms with Crippen molar-refractivity contribution in [1.29, 1.82) is 0 Å². The maximum atomic E-state index is 13.2. The fourth-order valence-electron chi connectivity index (χ4n) is 5.75. The highest BCUT2D eigenvalue weighted by Gasteiger charge is 2.47. The molecule has 4 saturated heterocycles. The monoisotopic (exact) mass is 452 g/mol. The van der Waals surface area contributed by atoms with Gasteiger partial charge in [-0.25, -0.2) is 8.42 Å². The zero-order valence-electron chi connectivity index (χ0n) is 17.8.